The molecule has 0 radical (unpaired) electrons. The maximum absolute atomic E-state index is 5.93. The van der Waals surface area contributed by atoms with Gasteiger partial charge in [-0.25, -0.2) is 0 Å². The lowest BCUT2D eigenvalue weighted by Gasteiger charge is -2.26. The summed E-state index contributed by atoms with van der Waals surface area (Å²) in [6, 6.07) is 15.1. The molecule has 0 atom stereocenters. The minimum atomic E-state index is 0.478. The summed E-state index contributed by atoms with van der Waals surface area (Å²) in [6.07, 6.45) is 2.29. The van der Waals surface area contributed by atoms with Gasteiger partial charge in [-0.05, 0) is 43.0 Å². The van der Waals surface area contributed by atoms with E-state index in [1.54, 1.807) is 0 Å². The molecule has 0 saturated carbocycles. The Bertz CT molecular complexity index is 679. The number of nitrogens with zero attached hydrogens (tertiary/aromatic N) is 1. The van der Waals surface area contributed by atoms with E-state index >= 15 is 0 Å². The van der Waals surface area contributed by atoms with Gasteiger partial charge in [-0.3, -0.25) is 0 Å². The topological polar surface area (TPSA) is 29.3 Å². The zero-order valence-electron chi connectivity index (χ0n) is 12.3. The van der Waals surface area contributed by atoms with Gasteiger partial charge in [0, 0.05) is 24.3 Å². The standard InChI is InChI=1S/C18H20N2S/c1-13-8-9-17(16(11-13)18(19)21)20-10-4-7-14-5-2-3-6-15(14)12-20/h2-3,5-6,8-9,11H,4,7,10,12H2,1H3,(H2,19,21). The van der Waals surface area contributed by atoms with E-state index in [9.17, 15) is 0 Å². The Labute approximate surface area is 131 Å². The summed E-state index contributed by atoms with van der Waals surface area (Å²) in [5.74, 6) is 0. The van der Waals surface area contributed by atoms with Gasteiger partial charge in [0.05, 0.1) is 0 Å². The first kappa shape index (κ1) is 14.1. The third-order valence-electron chi connectivity index (χ3n) is 4.11. The van der Waals surface area contributed by atoms with E-state index < -0.39 is 0 Å². The molecule has 1 aliphatic rings. The molecule has 21 heavy (non-hydrogen) atoms. The second kappa shape index (κ2) is 5.86. The van der Waals surface area contributed by atoms with Crippen molar-refractivity contribution < 1.29 is 0 Å². The molecule has 0 unspecified atom stereocenters. The van der Waals surface area contributed by atoms with Gasteiger partial charge in [0.2, 0.25) is 0 Å². The number of thiocarbonyl (C=S) groups is 1. The van der Waals surface area contributed by atoms with Crippen molar-refractivity contribution in [1.29, 1.82) is 0 Å². The molecule has 2 nitrogen and oxygen atoms in total. The quantitative estimate of drug-likeness (QED) is 0.859. The van der Waals surface area contributed by atoms with Crippen LogP contribution in [0.25, 0.3) is 0 Å². The van der Waals surface area contributed by atoms with E-state index in [-0.39, 0.29) is 0 Å². The molecule has 3 heteroatoms. The minimum absolute atomic E-state index is 0.478. The fourth-order valence-electron chi connectivity index (χ4n) is 3.03. The van der Waals surface area contributed by atoms with Crippen LogP contribution in [0.2, 0.25) is 0 Å². The second-order valence-electron chi connectivity index (χ2n) is 5.68. The Hall–Kier alpha value is -1.87. The third kappa shape index (κ3) is 2.93. The lowest BCUT2D eigenvalue weighted by Crippen LogP contribution is -2.26. The van der Waals surface area contributed by atoms with Crippen LogP contribution < -0.4 is 10.6 Å². The Balaban J connectivity index is 2.00. The molecule has 1 heterocycles. The van der Waals surface area contributed by atoms with Crippen LogP contribution in [0.15, 0.2) is 42.5 Å². The summed E-state index contributed by atoms with van der Waals surface area (Å²) in [5, 5.41) is 0. The maximum atomic E-state index is 5.93. The van der Waals surface area contributed by atoms with Crippen LogP contribution in [-0.4, -0.2) is 11.5 Å². The van der Waals surface area contributed by atoms with Crippen LogP contribution in [0.3, 0.4) is 0 Å². The Morgan fingerprint density at radius 3 is 2.67 bits per heavy atom. The molecular weight excluding hydrogens is 276 g/mol. The number of aryl methyl sites for hydroxylation is 2. The molecule has 2 N–H and O–H groups in total. The van der Waals surface area contributed by atoms with Crippen molar-refractivity contribution in [3.63, 3.8) is 0 Å². The lowest BCUT2D eigenvalue weighted by atomic mass is 10.0. The molecule has 108 valence electrons. The van der Waals surface area contributed by atoms with Crippen molar-refractivity contribution >= 4 is 22.9 Å². The van der Waals surface area contributed by atoms with E-state index in [1.165, 1.54) is 16.7 Å². The molecule has 0 spiro atoms. The van der Waals surface area contributed by atoms with Crippen LogP contribution in [0, 0.1) is 6.92 Å². The monoisotopic (exact) mass is 296 g/mol. The van der Waals surface area contributed by atoms with E-state index in [2.05, 4.69) is 54.3 Å². The number of nitrogens with two attached hydrogens (primary N) is 1. The third-order valence-corrected chi connectivity index (χ3v) is 4.33. The normalized spacial score (nSPS) is 14.4. The molecule has 3 rings (SSSR count). The van der Waals surface area contributed by atoms with Crippen LogP contribution in [0.1, 0.15) is 28.7 Å². The average molecular weight is 296 g/mol. The summed E-state index contributed by atoms with van der Waals surface area (Å²) >= 11 is 5.24. The number of rotatable bonds is 2. The predicted octanol–water partition coefficient (Wildman–Crippen LogP) is 3.58. The number of fused-ring (bicyclic) bond motifs is 1. The first-order valence-electron chi connectivity index (χ1n) is 7.37. The lowest BCUT2D eigenvalue weighted by molar-refractivity contribution is 0.765. The maximum Gasteiger partial charge on any atom is 0.106 e. The molecule has 2 aromatic carbocycles. The zero-order chi connectivity index (χ0) is 14.8. The van der Waals surface area contributed by atoms with Crippen molar-refractivity contribution in [3.8, 4) is 0 Å². The number of benzene rings is 2. The number of hydrogen-bond donors (Lipinski definition) is 1. The van der Waals surface area contributed by atoms with E-state index in [1.807, 2.05) is 0 Å². The smallest absolute Gasteiger partial charge is 0.106 e. The van der Waals surface area contributed by atoms with Crippen LogP contribution >= 0.6 is 12.2 Å². The molecule has 1 aliphatic heterocycles. The molecule has 0 fully saturated rings. The van der Waals surface area contributed by atoms with Crippen LogP contribution in [0.4, 0.5) is 5.69 Å². The zero-order valence-corrected chi connectivity index (χ0v) is 13.1. The van der Waals surface area contributed by atoms with Gasteiger partial charge in [0.15, 0.2) is 0 Å². The average Bonchev–Trinajstić information content (AvgIpc) is 2.69. The SMILES string of the molecule is Cc1ccc(N2CCCc3ccccc3C2)c(C(N)=S)c1. The van der Waals surface area contributed by atoms with Crippen molar-refractivity contribution in [2.75, 3.05) is 11.4 Å². The number of anilines is 1. The fraction of sp³-hybridized carbons (Fsp3) is 0.278. The van der Waals surface area contributed by atoms with Crippen LogP contribution in [-0.2, 0) is 13.0 Å². The molecule has 0 bridgehead atoms. The molecule has 0 aromatic heterocycles. The highest BCUT2D eigenvalue weighted by Gasteiger charge is 2.17. The molecule has 2 aromatic rings. The Morgan fingerprint density at radius 1 is 1.14 bits per heavy atom. The van der Waals surface area contributed by atoms with Gasteiger partial charge in [0.1, 0.15) is 4.99 Å². The first-order valence-corrected chi connectivity index (χ1v) is 7.78. The minimum Gasteiger partial charge on any atom is -0.389 e. The first-order chi connectivity index (χ1) is 10.1. The van der Waals surface area contributed by atoms with Gasteiger partial charge in [0.25, 0.3) is 0 Å². The summed E-state index contributed by atoms with van der Waals surface area (Å²) in [6.45, 7) is 4.03. The van der Waals surface area contributed by atoms with E-state index in [0.29, 0.717) is 4.99 Å². The highest BCUT2D eigenvalue weighted by molar-refractivity contribution is 7.80. The van der Waals surface area contributed by atoms with Gasteiger partial charge in [-0.1, -0.05) is 48.1 Å². The summed E-state index contributed by atoms with van der Waals surface area (Å²) < 4.78 is 0. The molecule has 0 aliphatic carbocycles. The Kier molecular flexibility index (Phi) is 3.93. The van der Waals surface area contributed by atoms with Crippen molar-refractivity contribution in [3.05, 3.63) is 64.7 Å². The van der Waals surface area contributed by atoms with Crippen molar-refractivity contribution in [2.24, 2.45) is 5.73 Å². The molecule has 0 amide bonds. The number of hydrogen-bond acceptors (Lipinski definition) is 2. The molecule has 0 saturated heterocycles. The van der Waals surface area contributed by atoms with E-state index in [4.69, 9.17) is 18.0 Å². The highest BCUT2D eigenvalue weighted by Crippen LogP contribution is 2.27. The van der Waals surface area contributed by atoms with Gasteiger partial charge >= 0.3 is 0 Å². The van der Waals surface area contributed by atoms with Crippen molar-refractivity contribution in [2.45, 2.75) is 26.3 Å². The van der Waals surface area contributed by atoms with Gasteiger partial charge < -0.3 is 10.6 Å². The predicted molar refractivity (Wildman–Crippen MR) is 92.9 cm³/mol. The second-order valence-corrected chi connectivity index (χ2v) is 6.12. The van der Waals surface area contributed by atoms with Crippen LogP contribution in [0.5, 0.6) is 0 Å². The largest absolute Gasteiger partial charge is 0.389 e. The fourth-order valence-corrected chi connectivity index (χ4v) is 3.19. The summed E-state index contributed by atoms with van der Waals surface area (Å²) in [4.78, 5) is 2.88. The highest BCUT2D eigenvalue weighted by atomic mass is 32.1. The van der Waals surface area contributed by atoms with E-state index in [0.717, 1.165) is 37.2 Å². The summed E-state index contributed by atoms with van der Waals surface area (Å²) in [7, 11) is 0. The van der Waals surface area contributed by atoms with Crippen molar-refractivity contribution in [1.82, 2.24) is 0 Å². The Morgan fingerprint density at radius 2 is 1.90 bits per heavy atom. The van der Waals surface area contributed by atoms with Gasteiger partial charge in [-0.15, -0.1) is 0 Å². The van der Waals surface area contributed by atoms with Gasteiger partial charge in [-0.2, -0.15) is 0 Å². The molecular formula is C18H20N2S. The summed E-state index contributed by atoms with van der Waals surface area (Å²) in [5.41, 5.74) is 12.1.